The molecule has 0 saturated carbocycles. The van der Waals surface area contributed by atoms with Crippen LogP contribution in [0.25, 0.3) is 0 Å². The lowest BCUT2D eigenvalue weighted by Crippen LogP contribution is -2.19. The van der Waals surface area contributed by atoms with E-state index in [2.05, 4.69) is 4.98 Å². The highest BCUT2D eigenvalue weighted by Crippen LogP contribution is 2.11. The van der Waals surface area contributed by atoms with Crippen LogP contribution < -0.4 is 5.69 Å². The lowest BCUT2D eigenvalue weighted by molar-refractivity contribution is -0.133. The highest BCUT2D eigenvalue weighted by atomic mass is 32.2. The van der Waals surface area contributed by atoms with Crippen molar-refractivity contribution >= 4 is 17.7 Å². The van der Waals surface area contributed by atoms with E-state index in [-0.39, 0.29) is 11.4 Å². The Kier molecular flexibility index (Phi) is 3.07. The first kappa shape index (κ1) is 9.79. The second-order valence-corrected chi connectivity index (χ2v) is 3.34. The molecule has 0 aliphatic rings. The van der Waals surface area contributed by atoms with Gasteiger partial charge in [-0.3, -0.25) is 4.79 Å². The van der Waals surface area contributed by atoms with Crippen molar-refractivity contribution in [2.45, 2.75) is 5.03 Å². The molecule has 13 heavy (non-hydrogen) atoms. The van der Waals surface area contributed by atoms with Crippen molar-refractivity contribution in [3.8, 4) is 0 Å². The Bertz CT molecular complexity index is 374. The zero-order chi connectivity index (χ0) is 9.84. The second kappa shape index (κ2) is 4.08. The highest BCUT2D eigenvalue weighted by Gasteiger charge is 2.01. The molecule has 0 radical (unpaired) electrons. The molecule has 70 valence electrons. The second-order valence-electron chi connectivity index (χ2n) is 2.34. The average Bonchev–Trinajstić information content (AvgIpc) is 2.07. The van der Waals surface area contributed by atoms with Crippen molar-refractivity contribution in [2.75, 3.05) is 5.75 Å². The first-order chi connectivity index (χ1) is 6.09. The van der Waals surface area contributed by atoms with Gasteiger partial charge in [-0.2, -0.15) is 4.98 Å². The summed E-state index contributed by atoms with van der Waals surface area (Å²) < 4.78 is 1.32. The van der Waals surface area contributed by atoms with Crippen molar-refractivity contribution in [3.05, 3.63) is 22.7 Å². The van der Waals surface area contributed by atoms with Gasteiger partial charge in [-0.25, -0.2) is 4.79 Å². The molecule has 1 heterocycles. The Labute approximate surface area is 78.4 Å². The molecular formula is C7H8N2O3S. The summed E-state index contributed by atoms with van der Waals surface area (Å²) in [6.07, 6.45) is 1.56. The zero-order valence-corrected chi connectivity index (χ0v) is 7.74. The van der Waals surface area contributed by atoms with Gasteiger partial charge in [-0.15, -0.1) is 0 Å². The Morgan fingerprint density at radius 2 is 2.46 bits per heavy atom. The fraction of sp³-hybridized carbons (Fsp3) is 0.286. The predicted molar refractivity (Wildman–Crippen MR) is 47.8 cm³/mol. The smallest absolute Gasteiger partial charge is 0.348 e. The van der Waals surface area contributed by atoms with Gasteiger partial charge in [-0.05, 0) is 6.07 Å². The van der Waals surface area contributed by atoms with Gasteiger partial charge in [-0.1, -0.05) is 11.8 Å². The van der Waals surface area contributed by atoms with Crippen molar-refractivity contribution < 1.29 is 9.90 Å². The molecule has 1 N–H and O–H groups in total. The van der Waals surface area contributed by atoms with E-state index >= 15 is 0 Å². The minimum absolute atomic E-state index is 0.0832. The van der Waals surface area contributed by atoms with Crippen LogP contribution >= 0.6 is 11.8 Å². The van der Waals surface area contributed by atoms with Crippen LogP contribution in [-0.4, -0.2) is 26.4 Å². The first-order valence-corrected chi connectivity index (χ1v) is 4.46. The number of aliphatic carboxylic acids is 1. The van der Waals surface area contributed by atoms with Gasteiger partial charge in [0, 0.05) is 13.2 Å². The van der Waals surface area contributed by atoms with Crippen molar-refractivity contribution in [2.24, 2.45) is 7.05 Å². The van der Waals surface area contributed by atoms with E-state index in [0.29, 0.717) is 5.03 Å². The Morgan fingerprint density at radius 1 is 1.77 bits per heavy atom. The Hall–Kier alpha value is -1.30. The number of hydrogen-bond acceptors (Lipinski definition) is 4. The van der Waals surface area contributed by atoms with Crippen LogP contribution in [0.5, 0.6) is 0 Å². The van der Waals surface area contributed by atoms with Gasteiger partial charge in [0.2, 0.25) is 0 Å². The minimum atomic E-state index is -0.924. The number of aromatic nitrogens is 2. The molecule has 5 nitrogen and oxygen atoms in total. The molecule has 6 heteroatoms. The van der Waals surface area contributed by atoms with Crippen LogP contribution in [0.2, 0.25) is 0 Å². The highest BCUT2D eigenvalue weighted by molar-refractivity contribution is 7.99. The molecule has 0 fully saturated rings. The van der Waals surface area contributed by atoms with E-state index in [1.54, 1.807) is 19.3 Å². The summed E-state index contributed by atoms with van der Waals surface area (Å²) in [5.41, 5.74) is -0.379. The van der Waals surface area contributed by atoms with Gasteiger partial charge in [0.25, 0.3) is 0 Å². The standard InChI is InChI=1S/C7H8N2O3S/c1-9-3-2-5(8-7(9)12)13-4-6(10)11/h2-3H,4H2,1H3,(H,10,11). The SMILES string of the molecule is Cn1ccc(SCC(=O)O)nc1=O. The summed E-state index contributed by atoms with van der Waals surface area (Å²) in [6, 6.07) is 1.61. The fourth-order valence-electron chi connectivity index (χ4n) is 0.666. The summed E-state index contributed by atoms with van der Waals surface area (Å²) >= 11 is 1.03. The van der Waals surface area contributed by atoms with E-state index in [1.165, 1.54) is 4.57 Å². The maximum Gasteiger partial charge on any atom is 0.348 e. The molecule has 0 aliphatic carbocycles. The normalized spacial score (nSPS) is 9.92. The van der Waals surface area contributed by atoms with Gasteiger partial charge < -0.3 is 9.67 Å². The number of nitrogens with zero attached hydrogens (tertiary/aromatic N) is 2. The third-order valence-electron chi connectivity index (χ3n) is 1.29. The third kappa shape index (κ3) is 2.90. The average molecular weight is 200 g/mol. The molecule has 0 atom stereocenters. The molecule has 0 spiro atoms. The molecule has 0 amide bonds. The summed E-state index contributed by atoms with van der Waals surface area (Å²) in [6.45, 7) is 0. The lowest BCUT2D eigenvalue weighted by atomic mass is 10.7. The lowest BCUT2D eigenvalue weighted by Gasteiger charge is -1.98. The maximum atomic E-state index is 11.0. The summed E-state index contributed by atoms with van der Waals surface area (Å²) in [5.74, 6) is -1.01. The van der Waals surface area contributed by atoms with E-state index in [1.807, 2.05) is 0 Å². The molecule has 0 unspecified atom stereocenters. The first-order valence-electron chi connectivity index (χ1n) is 3.48. The number of hydrogen-bond donors (Lipinski definition) is 1. The van der Waals surface area contributed by atoms with Crippen molar-refractivity contribution in [3.63, 3.8) is 0 Å². The molecule has 0 saturated heterocycles. The predicted octanol–water partition coefficient (Wildman–Crippen LogP) is -0.0430. The molecule has 1 aromatic heterocycles. The number of carboxylic acids is 1. The largest absolute Gasteiger partial charge is 0.481 e. The van der Waals surface area contributed by atoms with Crippen LogP contribution in [0.4, 0.5) is 0 Å². The van der Waals surface area contributed by atoms with Gasteiger partial charge >= 0.3 is 11.7 Å². The molecule has 1 aromatic rings. The summed E-state index contributed by atoms with van der Waals surface area (Å²) in [7, 11) is 1.58. The molecule has 0 aliphatic heterocycles. The van der Waals surface area contributed by atoms with E-state index in [0.717, 1.165) is 11.8 Å². The summed E-state index contributed by atoms with van der Waals surface area (Å²) in [4.78, 5) is 24.8. The molecular weight excluding hydrogens is 192 g/mol. The van der Waals surface area contributed by atoms with Crippen LogP contribution in [0, 0.1) is 0 Å². The fourth-order valence-corrected chi connectivity index (χ4v) is 1.24. The molecule has 0 bridgehead atoms. The molecule has 0 aromatic carbocycles. The van der Waals surface area contributed by atoms with Crippen molar-refractivity contribution in [1.29, 1.82) is 0 Å². The van der Waals surface area contributed by atoms with Crippen LogP contribution in [-0.2, 0) is 11.8 Å². The number of rotatable bonds is 3. The van der Waals surface area contributed by atoms with E-state index < -0.39 is 5.97 Å². The van der Waals surface area contributed by atoms with E-state index in [4.69, 9.17) is 5.11 Å². The number of carbonyl (C=O) groups is 1. The van der Waals surface area contributed by atoms with Crippen LogP contribution in [0.1, 0.15) is 0 Å². The number of aryl methyl sites for hydroxylation is 1. The summed E-state index contributed by atoms with van der Waals surface area (Å²) in [5, 5.41) is 8.80. The van der Waals surface area contributed by atoms with Crippen LogP contribution in [0.15, 0.2) is 22.1 Å². The van der Waals surface area contributed by atoms with Gasteiger partial charge in [0.05, 0.1) is 5.75 Å². The van der Waals surface area contributed by atoms with Crippen LogP contribution in [0.3, 0.4) is 0 Å². The van der Waals surface area contributed by atoms with E-state index in [9.17, 15) is 9.59 Å². The topological polar surface area (TPSA) is 72.2 Å². The quantitative estimate of drug-likeness (QED) is 0.547. The molecule has 1 rings (SSSR count). The monoisotopic (exact) mass is 200 g/mol. The maximum absolute atomic E-state index is 11.0. The third-order valence-corrected chi connectivity index (χ3v) is 2.21. The number of carboxylic acid groups (broad SMARTS) is 1. The Morgan fingerprint density at radius 3 is 3.00 bits per heavy atom. The Balaban J connectivity index is 2.74. The number of thioether (sulfide) groups is 1. The van der Waals surface area contributed by atoms with Gasteiger partial charge in [0.1, 0.15) is 5.03 Å². The minimum Gasteiger partial charge on any atom is -0.481 e. The van der Waals surface area contributed by atoms with Gasteiger partial charge in [0.15, 0.2) is 0 Å². The zero-order valence-electron chi connectivity index (χ0n) is 6.93. The van der Waals surface area contributed by atoms with Crippen molar-refractivity contribution in [1.82, 2.24) is 9.55 Å².